The third-order valence-electron chi connectivity index (χ3n) is 3.87. The predicted octanol–water partition coefficient (Wildman–Crippen LogP) is 1.48. The van der Waals surface area contributed by atoms with Gasteiger partial charge in [0.25, 0.3) is 0 Å². The molecule has 2 heterocycles. The van der Waals surface area contributed by atoms with Crippen LogP contribution in [-0.4, -0.2) is 54.2 Å². The van der Waals surface area contributed by atoms with E-state index in [-0.39, 0.29) is 5.75 Å². The monoisotopic (exact) mass is 299 g/mol. The molecule has 0 radical (unpaired) electrons. The SMILES string of the molecule is Cc1cnn(C[C@H]2CCCCN2CCCS(C)(=O)=O)c1. The first-order valence-corrected chi connectivity index (χ1v) is 9.41. The van der Waals surface area contributed by atoms with Crippen LogP contribution in [0.1, 0.15) is 31.2 Å². The number of hydrogen-bond acceptors (Lipinski definition) is 4. The number of likely N-dealkylation sites (tertiary alicyclic amines) is 1. The highest BCUT2D eigenvalue weighted by Gasteiger charge is 2.22. The Balaban J connectivity index is 1.88. The zero-order valence-electron chi connectivity index (χ0n) is 12.5. The number of nitrogens with zero attached hydrogens (tertiary/aromatic N) is 3. The van der Waals surface area contributed by atoms with Crippen LogP contribution in [0.4, 0.5) is 0 Å². The van der Waals surface area contributed by atoms with Gasteiger partial charge in [0.15, 0.2) is 0 Å². The van der Waals surface area contributed by atoms with E-state index in [1.54, 1.807) is 0 Å². The quantitative estimate of drug-likeness (QED) is 0.798. The molecule has 0 amide bonds. The normalized spacial score (nSPS) is 21.2. The van der Waals surface area contributed by atoms with E-state index in [4.69, 9.17) is 0 Å². The molecule has 0 N–H and O–H groups in total. The summed E-state index contributed by atoms with van der Waals surface area (Å²) in [6.45, 7) is 4.91. The molecule has 1 aliphatic heterocycles. The van der Waals surface area contributed by atoms with Crippen LogP contribution >= 0.6 is 0 Å². The molecule has 0 spiro atoms. The minimum atomic E-state index is -2.84. The molecular formula is C14H25N3O2S. The summed E-state index contributed by atoms with van der Waals surface area (Å²) in [5.41, 5.74) is 1.18. The molecule has 0 bridgehead atoms. The summed E-state index contributed by atoms with van der Waals surface area (Å²) in [6.07, 6.45) is 9.65. The van der Waals surface area contributed by atoms with Crippen LogP contribution in [-0.2, 0) is 16.4 Å². The lowest BCUT2D eigenvalue weighted by molar-refractivity contribution is 0.130. The topological polar surface area (TPSA) is 55.2 Å². The maximum Gasteiger partial charge on any atom is 0.147 e. The summed E-state index contributed by atoms with van der Waals surface area (Å²) in [6, 6.07) is 0.489. The van der Waals surface area contributed by atoms with Crippen LogP contribution in [0.2, 0.25) is 0 Å². The molecule has 0 unspecified atom stereocenters. The second kappa shape index (κ2) is 6.72. The molecule has 0 aliphatic carbocycles. The highest BCUT2D eigenvalue weighted by molar-refractivity contribution is 7.90. The van der Waals surface area contributed by atoms with Crippen molar-refractivity contribution in [3.05, 3.63) is 18.0 Å². The van der Waals surface area contributed by atoms with Gasteiger partial charge in [-0.3, -0.25) is 9.58 Å². The van der Waals surface area contributed by atoms with Crippen LogP contribution in [0.15, 0.2) is 12.4 Å². The van der Waals surface area contributed by atoms with Gasteiger partial charge in [0.05, 0.1) is 18.5 Å². The van der Waals surface area contributed by atoms with Gasteiger partial charge < -0.3 is 0 Å². The van der Waals surface area contributed by atoms with Crippen LogP contribution in [0.25, 0.3) is 0 Å². The van der Waals surface area contributed by atoms with Gasteiger partial charge in [-0.2, -0.15) is 5.10 Å². The second-order valence-electron chi connectivity index (χ2n) is 5.91. The van der Waals surface area contributed by atoms with Crippen LogP contribution < -0.4 is 0 Å². The molecule has 1 aromatic rings. The van der Waals surface area contributed by atoms with E-state index >= 15 is 0 Å². The van der Waals surface area contributed by atoms with Gasteiger partial charge in [-0.25, -0.2) is 8.42 Å². The molecule has 1 fully saturated rings. The molecular weight excluding hydrogens is 274 g/mol. The number of piperidine rings is 1. The lowest BCUT2D eigenvalue weighted by atomic mass is 10.0. The first-order valence-electron chi connectivity index (χ1n) is 7.35. The third-order valence-corrected chi connectivity index (χ3v) is 4.90. The predicted molar refractivity (Wildman–Crippen MR) is 80.5 cm³/mol. The maximum atomic E-state index is 11.2. The smallest absolute Gasteiger partial charge is 0.147 e. The Hall–Kier alpha value is -0.880. The molecule has 1 saturated heterocycles. The Morgan fingerprint density at radius 3 is 2.85 bits per heavy atom. The molecule has 1 aliphatic rings. The minimum Gasteiger partial charge on any atom is -0.299 e. The van der Waals surface area contributed by atoms with Crippen molar-refractivity contribution in [1.82, 2.24) is 14.7 Å². The average Bonchev–Trinajstić information content (AvgIpc) is 2.75. The Kier molecular flexibility index (Phi) is 5.21. The molecule has 6 heteroatoms. The fourth-order valence-corrected chi connectivity index (χ4v) is 3.53. The lowest BCUT2D eigenvalue weighted by Gasteiger charge is -2.35. The second-order valence-corrected chi connectivity index (χ2v) is 8.17. The van der Waals surface area contributed by atoms with E-state index in [1.807, 2.05) is 17.8 Å². The van der Waals surface area contributed by atoms with Gasteiger partial charge in [0.1, 0.15) is 9.84 Å². The standard InChI is InChI=1S/C14H25N3O2S/c1-13-10-15-17(11-13)12-14-6-3-4-7-16(14)8-5-9-20(2,18)19/h10-11,14H,3-9,12H2,1-2H3/t14-/m1/s1. The van der Waals surface area contributed by atoms with Crippen molar-refractivity contribution in [3.8, 4) is 0 Å². The summed E-state index contributed by atoms with van der Waals surface area (Å²) in [7, 11) is -2.84. The summed E-state index contributed by atoms with van der Waals surface area (Å²) in [5.74, 6) is 0.289. The Morgan fingerprint density at radius 1 is 1.40 bits per heavy atom. The highest BCUT2D eigenvalue weighted by Crippen LogP contribution is 2.19. The number of hydrogen-bond donors (Lipinski definition) is 0. The van der Waals surface area contributed by atoms with Gasteiger partial charge in [0, 0.05) is 18.5 Å². The molecule has 5 nitrogen and oxygen atoms in total. The van der Waals surface area contributed by atoms with Crippen molar-refractivity contribution in [2.45, 2.75) is 45.2 Å². The third kappa shape index (κ3) is 4.90. The largest absolute Gasteiger partial charge is 0.299 e. The maximum absolute atomic E-state index is 11.2. The molecule has 1 aromatic heterocycles. The molecule has 114 valence electrons. The van der Waals surface area contributed by atoms with E-state index in [0.717, 1.165) is 26.1 Å². The minimum absolute atomic E-state index is 0.289. The average molecular weight is 299 g/mol. The number of aryl methyl sites for hydroxylation is 1. The molecule has 0 saturated carbocycles. The molecule has 1 atom stereocenters. The molecule has 0 aromatic carbocycles. The van der Waals surface area contributed by atoms with Crippen molar-refractivity contribution in [3.63, 3.8) is 0 Å². The van der Waals surface area contributed by atoms with Crippen molar-refractivity contribution < 1.29 is 8.42 Å². The van der Waals surface area contributed by atoms with Crippen molar-refractivity contribution in [2.24, 2.45) is 0 Å². The Morgan fingerprint density at radius 2 is 2.20 bits per heavy atom. The van der Waals surface area contributed by atoms with E-state index in [9.17, 15) is 8.42 Å². The van der Waals surface area contributed by atoms with E-state index in [1.165, 1.54) is 31.1 Å². The first kappa shape index (κ1) is 15.5. The lowest BCUT2D eigenvalue weighted by Crippen LogP contribution is -2.43. The van der Waals surface area contributed by atoms with E-state index in [0.29, 0.717) is 6.04 Å². The Labute approximate surface area is 121 Å². The Bertz CT molecular complexity index is 524. The fraction of sp³-hybridized carbons (Fsp3) is 0.786. The zero-order chi connectivity index (χ0) is 14.6. The zero-order valence-corrected chi connectivity index (χ0v) is 13.3. The van der Waals surface area contributed by atoms with Gasteiger partial charge in [-0.05, 0) is 44.8 Å². The van der Waals surface area contributed by atoms with Gasteiger partial charge in [0.2, 0.25) is 0 Å². The van der Waals surface area contributed by atoms with Crippen LogP contribution in [0.5, 0.6) is 0 Å². The molecule has 2 rings (SSSR count). The van der Waals surface area contributed by atoms with Gasteiger partial charge in [-0.15, -0.1) is 0 Å². The van der Waals surface area contributed by atoms with E-state index in [2.05, 4.69) is 16.2 Å². The highest BCUT2D eigenvalue weighted by atomic mass is 32.2. The fourth-order valence-electron chi connectivity index (χ4n) is 2.87. The van der Waals surface area contributed by atoms with Crippen molar-refractivity contribution in [2.75, 3.05) is 25.1 Å². The summed E-state index contributed by atoms with van der Waals surface area (Å²) in [5, 5.41) is 4.36. The van der Waals surface area contributed by atoms with Crippen LogP contribution in [0.3, 0.4) is 0 Å². The summed E-state index contributed by atoms with van der Waals surface area (Å²) in [4.78, 5) is 2.44. The van der Waals surface area contributed by atoms with Gasteiger partial charge in [-0.1, -0.05) is 6.42 Å². The van der Waals surface area contributed by atoms with Gasteiger partial charge >= 0.3 is 0 Å². The molecule has 20 heavy (non-hydrogen) atoms. The number of aromatic nitrogens is 2. The van der Waals surface area contributed by atoms with E-state index < -0.39 is 9.84 Å². The van der Waals surface area contributed by atoms with Crippen LogP contribution in [0, 0.1) is 6.92 Å². The summed E-state index contributed by atoms with van der Waals surface area (Å²) < 4.78 is 24.4. The number of sulfone groups is 1. The number of rotatable bonds is 6. The van der Waals surface area contributed by atoms with Crippen molar-refractivity contribution >= 4 is 9.84 Å². The van der Waals surface area contributed by atoms with Crippen molar-refractivity contribution in [1.29, 1.82) is 0 Å². The first-order chi connectivity index (χ1) is 9.44. The summed E-state index contributed by atoms with van der Waals surface area (Å²) >= 11 is 0.